The number of anilines is 1. The Morgan fingerprint density at radius 3 is 2.92 bits per heavy atom. The van der Waals surface area contributed by atoms with E-state index in [9.17, 15) is 0 Å². The van der Waals surface area contributed by atoms with Gasteiger partial charge in [0, 0.05) is 25.7 Å². The molecule has 0 fully saturated rings. The standard InChI is InChI=1S/C9H8BrNS2/c10-3-5-1-7(12)9-6(11)4-13-8(9)2-5/h1-2,4,12H,3,11H2. The van der Waals surface area contributed by atoms with Crippen LogP contribution in [-0.4, -0.2) is 0 Å². The van der Waals surface area contributed by atoms with Gasteiger partial charge in [0.2, 0.25) is 0 Å². The Balaban J connectivity index is 2.79. The molecular weight excluding hydrogens is 266 g/mol. The van der Waals surface area contributed by atoms with E-state index in [1.165, 1.54) is 10.3 Å². The molecule has 4 heteroatoms. The molecule has 0 atom stereocenters. The fourth-order valence-electron chi connectivity index (χ4n) is 1.30. The van der Waals surface area contributed by atoms with E-state index in [0.29, 0.717) is 0 Å². The van der Waals surface area contributed by atoms with E-state index in [4.69, 9.17) is 5.73 Å². The van der Waals surface area contributed by atoms with E-state index in [1.54, 1.807) is 11.3 Å². The molecule has 2 N–H and O–H groups in total. The van der Waals surface area contributed by atoms with Crippen LogP contribution in [0.2, 0.25) is 0 Å². The summed E-state index contributed by atoms with van der Waals surface area (Å²) < 4.78 is 1.21. The predicted octanol–water partition coefficient (Wildman–Crippen LogP) is 3.67. The number of rotatable bonds is 1. The third kappa shape index (κ3) is 1.58. The smallest absolute Gasteiger partial charge is 0.0514 e. The SMILES string of the molecule is Nc1csc2cc(CBr)cc(S)c12. The average Bonchev–Trinajstić information content (AvgIpc) is 2.48. The number of thiophene rings is 1. The maximum Gasteiger partial charge on any atom is 0.0514 e. The molecule has 0 amide bonds. The molecule has 1 aromatic heterocycles. The van der Waals surface area contributed by atoms with Crippen molar-refractivity contribution in [1.29, 1.82) is 0 Å². The Morgan fingerprint density at radius 2 is 2.23 bits per heavy atom. The number of alkyl halides is 1. The van der Waals surface area contributed by atoms with E-state index in [2.05, 4.69) is 34.6 Å². The first kappa shape index (κ1) is 9.37. The van der Waals surface area contributed by atoms with Crippen LogP contribution in [-0.2, 0) is 5.33 Å². The second-order valence-corrected chi connectivity index (χ2v) is 4.77. The molecule has 0 radical (unpaired) electrons. The molecule has 68 valence electrons. The Morgan fingerprint density at radius 1 is 1.46 bits per heavy atom. The van der Waals surface area contributed by atoms with Crippen LogP contribution >= 0.6 is 39.9 Å². The van der Waals surface area contributed by atoms with Crippen LogP contribution < -0.4 is 5.73 Å². The van der Waals surface area contributed by atoms with Crippen molar-refractivity contribution in [1.82, 2.24) is 0 Å². The van der Waals surface area contributed by atoms with Crippen molar-refractivity contribution in [3.63, 3.8) is 0 Å². The van der Waals surface area contributed by atoms with Crippen molar-refractivity contribution >= 4 is 55.7 Å². The lowest BCUT2D eigenvalue weighted by molar-refractivity contribution is 1.41. The summed E-state index contributed by atoms with van der Waals surface area (Å²) in [6.07, 6.45) is 0. The summed E-state index contributed by atoms with van der Waals surface area (Å²) in [5.74, 6) is 0. The van der Waals surface area contributed by atoms with Gasteiger partial charge in [-0.05, 0) is 17.7 Å². The van der Waals surface area contributed by atoms with Gasteiger partial charge in [-0.1, -0.05) is 15.9 Å². The normalized spacial score (nSPS) is 10.9. The Kier molecular flexibility index (Phi) is 2.53. The molecule has 1 aromatic carbocycles. The lowest BCUT2D eigenvalue weighted by Gasteiger charge is -2.00. The average molecular weight is 274 g/mol. The molecule has 2 rings (SSSR count). The zero-order valence-electron chi connectivity index (χ0n) is 6.75. The maximum absolute atomic E-state index is 5.82. The van der Waals surface area contributed by atoms with Crippen molar-refractivity contribution in [2.24, 2.45) is 0 Å². The molecule has 2 aromatic rings. The maximum atomic E-state index is 5.82. The van der Waals surface area contributed by atoms with Crippen molar-refractivity contribution in [2.45, 2.75) is 10.2 Å². The summed E-state index contributed by atoms with van der Waals surface area (Å²) in [7, 11) is 0. The number of nitrogens with two attached hydrogens (primary N) is 1. The van der Waals surface area contributed by atoms with Crippen LogP contribution in [0.3, 0.4) is 0 Å². The van der Waals surface area contributed by atoms with Crippen LogP contribution in [0.15, 0.2) is 22.4 Å². The summed E-state index contributed by atoms with van der Waals surface area (Å²) in [6.45, 7) is 0. The third-order valence-electron chi connectivity index (χ3n) is 1.90. The Hall–Kier alpha value is -0.190. The van der Waals surface area contributed by atoms with Crippen LogP contribution in [0.25, 0.3) is 10.1 Å². The predicted molar refractivity (Wildman–Crippen MR) is 66.1 cm³/mol. The van der Waals surface area contributed by atoms with Crippen molar-refractivity contribution in [3.05, 3.63) is 23.1 Å². The highest BCUT2D eigenvalue weighted by Crippen LogP contribution is 2.34. The highest BCUT2D eigenvalue weighted by Gasteiger charge is 2.05. The fourth-order valence-corrected chi connectivity index (χ4v) is 3.05. The van der Waals surface area contributed by atoms with E-state index in [-0.39, 0.29) is 0 Å². The van der Waals surface area contributed by atoms with E-state index in [0.717, 1.165) is 21.3 Å². The number of nitrogen functional groups attached to an aromatic ring is 1. The Bertz CT molecular complexity index is 450. The van der Waals surface area contributed by atoms with Crippen molar-refractivity contribution < 1.29 is 0 Å². The van der Waals surface area contributed by atoms with Crippen molar-refractivity contribution in [2.75, 3.05) is 5.73 Å². The highest BCUT2D eigenvalue weighted by molar-refractivity contribution is 9.08. The van der Waals surface area contributed by atoms with Crippen LogP contribution in [0.1, 0.15) is 5.56 Å². The first-order chi connectivity index (χ1) is 6.22. The summed E-state index contributed by atoms with van der Waals surface area (Å²) in [6, 6.07) is 4.19. The monoisotopic (exact) mass is 273 g/mol. The third-order valence-corrected chi connectivity index (χ3v) is 3.84. The van der Waals surface area contributed by atoms with E-state index in [1.807, 2.05) is 11.4 Å². The lowest BCUT2D eigenvalue weighted by Crippen LogP contribution is -1.83. The highest BCUT2D eigenvalue weighted by atomic mass is 79.9. The summed E-state index contributed by atoms with van der Waals surface area (Å²) in [5, 5.41) is 3.90. The number of fused-ring (bicyclic) bond motifs is 1. The van der Waals surface area contributed by atoms with Gasteiger partial charge in [-0.3, -0.25) is 0 Å². The van der Waals surface area contributed by atoms with Gasteiger partial charge in [0.15, 0.2) is 0 Å². The Labute approximate surface area is 94.5 Å². The summed E-state index contributed by atoms with van der Waals surface area (Å²) >= 11 is 9.50. The number of thiol groups is 1. The van der Waals surface area contributed by atoms with Gasteiger partial charge in [-0.25, -0.2) is 0 Å². The molecule has 1 heterocycles. The minimum atomic E-state index is 0.825. The minimum Gasteiger partial charge on any atom is -0.398 e. The lowest BCUT2D eigenvalue weighted by atomic mass is 10.2. The van der Waals surface area contributed by atoms with Gasteiger partial charge < -0.3 is 5.73 Å². The number of hydrogen-bond donors (Lipinski definition) is 2. The van der Waals surface area contributed by atoms with Gasteiger partial charge in [0.1, 0.15) is 0 Å². The quantitative estimate of drug-likeness (QED) is 0.602. The van der Waals surface area contributed by atoms with Crippen LogP contribution in [0.5, 0.6) is 0 Å². The molecule has 0 spiro atoms. The summed E-state index contributed by atoms with van der Waals surface area (Å²) in [4.78, 5) is 0.964. The largest absolute Gasteiger partial charge is 0.398 e. The van der Waals surface area contributed by atoms with Crippen LogP contribution in [0, 0.1) is 0 Å². The number of halogens is 1. The van der Waals surface area contributed by atoms with Gasteiger partial charge in [0.05, 0.1) is 5.69 Å². The molecule has 13 heavy (non-hydrogen) atoms. The molecule has 0 aliphatic heterocycles. The molecule has 0 saturated heterocycles. The van der Waals surface area contributed by atoms with E-state index < -0.39 is 0 Å². The molecule has 0 aliphatic carbocycles. The van der Waals surface area contributed by atoms with Crippen LogP contribution in [0.4, 0.5) is 5.69 Å². The molecule has 0 saturated carbocycles. The minimum absolute atomic E-state index is 0.825. The second-order valence-electron chi connectivity index (χ2n) is 2.81. The molecular formula is C9H8BrNS2. The van der Waals surface area contributed by atoms with Gasteiger partial charge in [0.25, 0.3) is 0 Å². The topological polar surface area (TPSA) is 26.0 Å². The van der Waals surface area contributed by atoms with Gasteiger partial charge in [-0.2, -0.15) is 0 Å². The van der Waals surface area contributed by atoms with E-state index >= 15 is 0 Å². The second kappa shape index (κ2) is 3.52. The number of hydrogen-bond acceptors (Lipinski definition) is 3. The first-order valence-electron chi connectivity index (χ1n) is 3.77. The zero-order valence-corrected chi connectivity index (χ0v) is 10.0. The molecule has 0 aliphatic rings. The molecule has 0 unspecified atom stereocenters. The van der Waals surface area contributed by atoms with Gasteiger partial charge >= 0.3 is 0 Å². The molecule has 0 bridgehead atoms. The molecule has 1 nitrogen and oxygen atoms in total. The van der Waals surface area contributed by atoms with Gasteiger partial charge in [-0.15, -0.1) is 24.0 Å². The zero-order chi connectivity index (χ0) is 9.42. The fraction of sp³-hybridized carbons (Fsp3) is 0.111. The summed E-state index contributed by atoms with van der Waals surface area (Å²) in [5.41, 5.74) is 7.88. The van der Waals surface area contributed by atoms with Crippen molar-refractivity contribution in [3.8, 4) is 0 Å². The number of benzene rings is 1. The first-order valence-corrected chi connectivity index (χ1v) is 6.21.